The Balaban J connectivity index is 2.10. The molecule has 2 aromatic carbocycles. The molecule has 8 heteroatoms. The highest BCUT2D eigenvalue weighted by atomic mass is 32.2. The van der Waals surface area contributed by atoms with E-state index in [9.17, 15) is 17.6 Å². The minimum Gasteiger partial charge on any atom is -0.383 e. The van der Waals surface area contributed by atoms with Gasteiger partial charge in [-0.2, -0.15) is 0 Å². The van der Waals surface area contributed by atoms with Gasteiger partial charge in [0.05, 0.1) is 11.5 Å². The van der Waals surface area contributed by atoms with Crippen LogP contribution in [-0.4, -0.2) is 34.1 Å². The van der Waals surface area contributed by atoms with E-state index in [1.807, 2.05) is 0 Å². The summed E-state index contributed by atoms with van der Waals surface area (Å²) in [5, 5.41) is 2.57. The van der Waals surface area contributed by atoms with Crippen molar-refractivity contribution in [2.75, 3.05) is 19.0 Å². The van der Waals surface area contributed by atoms with Crippen molar-refractivity contribution < 1.29 is 22.3 Å². The summed E-state index contributed by atoms with van der Waals surface area (Å²) in [6.45, 7) is 3.55. The molecule has 0 heterocycles. The maximum Gasteiger partial charge on any atom is 0.255 e. The van der Waals surface area contributed by atoms with E-state index in [2.05, 4.69) is 10.0 Å². The lowest BCUT2D eigenvalue weighted by Crippen LogP contribution is -2.35. The molecule has 140 valence electrons. The van der Waals surface area contributed by atoms with Gasteiger partial charge >= 0.3 is 0 Å². The van der Waals surface area contributed by atoms with Gasteiger partial charge in [-0.1, -0.05) is 6.07 Å². The summed E-state index contributed by atoms with van der Waals surface area (Å²) in [7, 11) is -2.22. The first-order valence-corrected chi connectivity index (χ1v) is 9.40. The summed E-state index contributed by atoms with van der Waals surface area (Å²) in [4.78, 5) is 12.3. The topological polar surface area (TPSA) is 84.5 Å². The highest BCUT2D eigenvalue weighted by molar-refractivity contribution is 7.89. The number of hydrogen-bond donors (Lipinski definition) is 2. The number of carbonyl (C=O) groups excluding carboxylic acids is 1. The fourth-order valence-corrected chi connectivity index (χ4v) is 3.50. The molecule has 0 spiro atoms. The molecule has 2 rings (SSSR count). The maximum absolute atomic E-state index is 13.5. The molecule has 0 aliphatic rings. The van der Waals surface area contributed by atoms with Crippen molar-refractivity contribution in [2.45, 2.75) is 24.8 Å². The molecule has 0 aliphatic heterocycles. The van der Waals surface area contributed by atoms with E-state index in [-0.39, 0.29) is 23.1 Å². The summed E-state index contributed by atoms with van der Waals surface area (Å²) >= 11 is 0. The number of sulfonamides is 1. The Hall–Kier alpha value is -2.29. The van der Waals surface area contributed by atoms with Crippen molar-refractivity contribution >= 4 is 21.6 Å². The van der Waals surface area contributed by atoms with Crippen LogP contribution in [0.15, 0.2) is 47.4 Å². The van der Waals surface area contributed by atoms with Crippen LogP contribution in [0.2, 0.25) is 0 Å². The number of carbonyl (C=O) groups is 1. The number of ether oxygens (including phenoxy) is 1. The SMILES string of the molecule is COC[C@@H](C)NS(=O)(=O)c1ccc(C(=O)Nc2ccc(C)c(F)c2)cc1. The fraction of sp³-hybridized carbons (Fsp3) is 0.278. The number of amides is 1. The van der Waals surface area contributed by atoms with E-state index < -0.39 is 21.7 Å². The lowest BCUT2D eigenvalue weighted by atomic mass is 10.2. The van der Waals surface area contributed by atoms with E-state index >= 15 is 0 Å². The van der Waals surface area contributed by atoms with Gasteiger partial charge in [-0.25, -0.2) is 17.5 Å². The first-order valence-electron chi connectivity index (χ1n) is 7.92. The molecule has 26 heavy (non-hydrogen) atoms. The predicted molar refractivity (Wildman–Crippen MR) is 97.2 cm³/mol. The fourth-order valence-electron chi connectivity index (χ4n) is 2.28. The molecule has 2 aromatic rings. The first-order chi connectivity index (χ1) is 12.2. The summed E-state index contributed by atoms with van der Waals surface area (Å²) in [5.41, 5.74) is 1.06. The molecule has 0 radical (unpaired) electrons. The molecule has 0 aromatic heterocycles. The summed E-state index contributed by atoms with van der Waals surface area (Å²) in [5.74, 6) is -0.876. The van der Waals surface area contributed by atoms with E-state index in [0.717, 1.165) is 0 Å². The number of nitrogens with one attached hydrogen (secondary N) is 2. The molecule has 6 nitrogen and oxygen atoms in total. The predicted octanol–water partition coefficient (Wildman–Crippen LogP) is 2.70. The van der Waals surface area contributed by atoms with Crippen LogP contribution in [0.3, 0.4) is 0 Å². The quantitative estimate of drug-likeness (QED) is 0.774. The lowest BCUT2D eigenvalue weighted by molar-refractivity contribution is 0.102. The van der Waals surface area contributed by atoms with E-state index in [0.29, 0.717) is 11.3 Å². The molecule has 0 saturated heterocycles. The third-order valence-corrected chi connectivity index (χ3v) is 5.23. The number of halogens is 1. The van der Waals surface area contributed by atoms with Crippen molar-refractivity contribution in [2.24, 2.45) is 0 Å². The summed E-state index contributed by atoms with van der Waals surface area (Å²) < 4.78 is 45.4. The number of hydrogen-bond acceptors (Lipinski definition) is 4. The van der Waals surface area contributed by atoms with Crippen LogP contribution in [0.4, 0.5) is 10.1 Å². The summed E-state index contributed by atoms with van der Waals surface area (Å²) in [6, 6.07) is 9.48. The van der Waals surface area contributed by atoms with Gasteiger partial charge in [-0.15, -0.1) is 0 Å². The third kappa shape index (κ3) is 5.10. The number of anilines is 1. The van der Waals surface area contributed by atoms with Crippen LogP contribution in [-0.2, 0) is 14.8 Å². The average Bonchev–Trinajstić information content (AvgIpc) is 2.58. The molecule has 0 unspecified atom stereocenters. The molecule has 2 N–H and O–H groups in total. The molecule has 1 amide bonds. The van der Waals surface area contributed by atoms with E-state index in [1.54, 1.807) is 26.0 Å². The largest absolute Gasteiger partial charge is 0.383 e. The Labute approximate surface area is 152 Å². The highest BCUT2D eigenvalue weighted by Crippen LogP contribution is 2.16. The zero-order valence-corrected chi connectivity index (χ0v) is 15.6. The highest BCUT2D eigenvalue weighted by Gasteiger charge is 2.18. The van der Waals surface area contributed by atoms with Crippen LogP contribution >= 0.6 is 0 Å². The summed E-state index contributed by atoms with van der Waals surface area (Å²) in [6.07, 6.45) is 0. The second kappa shape index (κ2) is 8.39. The number of aryl methyl sites for hydroxylation is 1. The second-order valence-corrected chi connectivity index (χ2v) is 7.63. The molecule has 1 atom stereocenters. The Kier molecular flexibility index (Phi) is 6.47. The van der Waals surface area contributed by atoms with Gasteiger partial charge in [0.15, 0.2) is 0 Å². The number of rotatable bonds is 7. The van der Waals surface area contributed by atoms with Crippen molar-refractivity contribution in [3.63, 3.8) is 0 Å². The van der Waals surface area contributed by atoms with Gasteiger partial charge in [0.1, 0.15) is 5.82 Å². The van der Waals surface area contributed by atoms with Gasteiger partial charge in [-0.05, 0) is 55.8 Å². The van der Waals surface area contributed by atoms with Crippen molar-refractivity contribution in [1.29, 1.82) is 0 Å². The minimum atomic E-state index is -3.70. The first kappa shape index (κ1) is 20.0. The average molecular weight is 380 g/mol. The van der Waals surface area contributed by atoms with E-state index in [1.165, 1.54) is 37.4 Å². The number of methoxy groups -OCH3 is 1. The Morgan fingerprint density at radius 2 is 1.85 bits per heavy atom. The van der Waals surface area contributed by atoms with Gasteiger partial charge in [0.2, 0.25) is 10.0 Å². The zero-order chi connectivity index (χ0) is 19.3. The smallest absolute Gasteiger partial charge is 0.255 e. The normalized spacial score (nSPS) is 12.6. The lowest BCUT2D eigenvalue weighted by Gasteiger charge is -2.13. The molecular formula is C18H21FN2O4S. The molecular weight excluding hydrogens is 359 g/mol. The van der Waals surface area contributed by atoms with Crippen LogP contribution < -0.4 is 10.0 Å². The van der Waals surface area contributed by atoms with Crippen LogP contribution in [0.5, 0.6) is 0 Å². The molecule has 0 fully saturated rings. The second-order valence-electron chi connectivity index (χ2n) is 5.92. The standard InChI is InChI=1S/C18H21FN2O4S/c1-12-4-7-15(10-17(12)19)20-18(22)14-5-8-16(9-6-14)26(23,24)21-13(2)11-25-3/h4-10,13,21H,11H2,1-3H3,(H,20,22)/t13-/m1/s1. The molecule has 0 saturated carbocycles. The van der Waals surface area contributed by atoms with Crippen molar-refractivity contribution in [3.8, 4) is 0 Å². The number of benzene rings is 2. The van der Waals surface area contributed by atoms with Gasteiger partial charge in [-0.3, -0.25) is 4.79 Å². The minimum absolute atomic E-state index is 0.0402. The Morgan fingerprint density at radius 1 is 1.19 bits per heavy atom. The van der Waals surface area contributed by atoms with Crippen LogP contribution in [0.25, 0.3) is 0 Å². The van der Waals surface area contributed by atoms with Crippen molar-refractivity contribution in [3.05, 3.63) is 59.4 Å². The molecule has 0 aliphatic carbocycles. The Morgan fingerprint density at radius 3 is 2.42 bits per heavy atom. The van der Waals surface area contributed by atoms with Crippen LogP contribution in [0.1, 0.15) is 22.8 Å². The Bertz CT molecular complexity index is 883. The van der Waals surface area contributed by atoms with Gasteiger partial charge < -0.3 is 10.1 Å². The van der Waals surface area contributed by atoms with E-state index in [4.69, 9.17) is 4.74 Å². The van der Waals surface area contributed by atoms with Gasteiger partial charge in [0, 0.05) is 24.4 Å². The van der Waals surface area contributed by atoms with Crippen LogP contribution in [0, 0.1) is 12.7 Å². The van der Waals surface area contributed by atoms with Gasteiger partial charge in [0.25, 0.3) is 5.91 Å². The maximum atomic E-state index is 13.5. The third-order valence-electron chi connectivity index (χ3n) is 3.63. The van der Waals surface area contributed by atoms with Crippen molar-refractivity contribution in [1.82, 2.24) is 4.72 Å². The molecule has 0 bridgehead atoms. The monoisotopic (exact) mass is 380 g/mol. The zero-order valence-electron chi connectivity index (χ0n) is 14.7.